The number of hydrogen-bond donors (Lipinski definition) is 3. The van der Waals surface area contributed by atoms with Gasteiger partial charge in [0.05, 0.1) is 6.54 Å². The monoisotopic (exact) mass is 476 g/mol. The van der Waals surface area contributed by atoms with E-state index in [4.69, 9.17) is 0 Å². The van der Waals surface area contributed by atoms with Crippen molar-refractivity contribution in [2.24, 2.45) is 4.99 Å². The Morgan fingerprint density at radius 2 is 2.16 bits per heavy atom. The van der Waals surface area contributed by atoms with E-state index in [0.717, 1.165) is 30.3 Å². The molecular formula is C18H29IN4OS. The first-order valence-corrected chi connectivity index (χ1v) is 9.52. The number of carbonyl (C=O) groups is 1. The summed E-state index contributed by atoms with van der Waals surface area (Å²) in [4.78, 5) is 15.8. The number of nitrogens with one attached hydrogen (secondary N) is 3. The van der Waals surface area contributed by atoms with Crippen molar-refractivity contribution in [3.63, 3.8) is 0 Å². The Balaban J connectivity index is 0.00000312. The van der Waals surface area contributed by atoms with Crippen LogP contribution < -0.4 is 16.0 Å². The summed E-state index contributed by atoms with van der Waals surface area (Å²) in [6.07, 6.45) is 2.55. The summed E-state index contributed by atoms with van der Waals surface area (Å²) in [6.45, 7) is 8.24. The van der Waals surface area contributed by atoms with Gasteiger partial charge in [-0.05, 0) is 50.1 Å². The van der Waals surface area contributed by atoms with Gasteiger partial charge in [0, 0.05) is 30.4 Å². The number of anilines is 1. The van der Waals surface area contributed by atoms with Gasteiger partial charge >= 0.3 is 0 Å². The topological polar surface area (TPSA) is 65.5 Å². The van der Waals surface area contributed by atoms with Gasteiger partial charge in [0.15, 0.2) is 5.96 Å². The quantitative estimate of drug-likeness (QED) is 0.334. The first-order chi connectivity index (χ1) is 11.5. The summed E-state index contributed by atoms with van der Waals surface area (Å²) in [5.74, 6) is 2.03. The lowest BCUT2D eigenvalue weighted by Crippen LogP contribution is -2.43. The van der Waals surface area contributed by atoms with E-state index >= 15 is 0 Å². The number of amides is 1. The molecule has 1 aromatic carbocycles. The van der Waals surface area contributed by atoms with Crippen LogP contribution >= 0.6 is 35.7 Å². The molecule has 0 saturated carbocycles. The van der Waals surface area contributed by atoms with Crippen molar-refractivity contribution < 1.29 is 4.79 Å². The second-order valence-electron chi connectivity index (χ2n) is 6.33. The molecule has 0 aromatic heterocycles. The molecule has 0 radical (unpaired) electrons. The highest BCUT2D eigenvalue weighted by Gasteiger charge is 2.29. The van der Waals surface area contributed by atoms with Crippen LogP contribution in [0.25, 0.3) is 0 Å². The van der Waals surface area contributed by atoms with E-state index in [1.54, 1.807) is 0 Å². The molecule has 7 heteroatoms. The van der Waals surface area contributed by atoms with E-state index in [-0.39, 0.29) is 29.9 Å². The molecule has 1 atom stereocenters. The molecule has 25 heavy (non-hydrogen) atoms. The zero-order chi connectivity index (χ0) is 17.4. The second kappa shape index (κ2) is 10.9. The third kappa shape index (κ3) is 7.85. The van der Waals surface area contributed by atoms with Crippen molar-refractivity contribution in [3.05, 3.63) is 29.8 Å². The number of guanidine groups is 1. The van der Waals surface area contributed by atoms with Crippen LogP contribution in [0.4, 0.5) is 5.69 Å². The Hall–Kier alpha value is -0.960. The van der Waals surface area contributed by atoms with Crippen molar-refractivity contribution in [2.45, 2.75) is 44.9 Å². The van der Waals surface area contributed by atoms with E-state index in [9.17, 15) is 4.79 Å². The van der Waals surface area contributed by atoms with Gasteiger partial charge in [-0.3, -0.25) is 4.79 Å². The number of aliphatic imine (C=N–C) groups is 1. The Morgan fingerprint density at radius 1 is 1.36 bits per heavy atom. The molecule has 0 bridgehead atoms. The average Bonchev–Trinajstić information content (AvgIpc) is 2.97. The Kier molecular flexibility index (Phi) is 9.63. The number of halogens is 1. The molecule has 3 N–H and O–H groups in total. The Labute approximate surface area is 172 Å². The lowest BCUT2D eigenvalue weighted by Gasteiger charge is -2.24. The van der Waals surface area contributed by atoms with Gasteiger partial charge in [0.2, 0.25) is 5.91 Å². The first kappa shape index (κ1) is 22.1. The third-order valence-corrected chi connectivity index (χ3v) is 5.48. The molecule has 140 valence electrons. The number of thioether (sulfide) groups is 1. The van der Waals surface area contributed by atoms with Gasteiger partial charge < -0.3 is 16.0 Å². The summed E-state index contributed by atoms with van der Waals surface area (Å²) < 4.78 is 0.307. The number of benzene rings is 1. The predicted molar refractivity (Wildman–Crippen MR) is 119 cm³/mol. The van der Waals surface area contributed by atoms with Crippen LogP contribution in [0.5, 0.6) is 0 Å². The molecule has 1 aromatic rings. The molecule has 2 rings (SSSR count). The summed E-state index contributed by atoms with van der Waals surface area (Å²) in [5, 5.41) is 9.57. The van der Waals surface area contributed by atoms with E-state index in [1.807, 2.05) is 36.0 Å². The fourth-order valence-corrected chi connectivity index (χ4v) is 3.95. The summed E-state index contributed by atoms with van der Waals surface area (Å²) in [6, 6.07) is 7.80. The molecule has 0 spiro atoms. The van der Waals surface area contributed by atoms with Gasteiger partial charge in [-0.15, -0.1) is 24.0 Å². The van der Waals surface area contributed by atoms with Crippen LogP contribution in [0.15, 0.2) is 29.3 Å². The zero-order valence-corrected chi connectivity index (χ0v) is 18.4. The summed E-state index contributed by atoms with van der Waals surface area (Å²) in [7, 11) is 0. The van der Waals surface area contributed by atoms with Crippen LogP contribution in [-0.2, 0) is 11.3 Å². The SMILES string of the molecule is CCNC(=NCc1cccc(NC(C)=O)c1)NCC1(C)CCCS1.I. The van der Waals surface area contributed by atoms with Gasteiger partial charge in [-0.25, -0.2) is 4.99 Å². The number of rotatable bonds is 6. The number of nitrogens with zero attached hydrogens (tertiary/aromatic N) is 1. The molecule has 1 fully saturated rings. The fraction of sp³-hybridized carbons (Fsp3) is 0.556. The molecule has 5 nitrogen and oxygen atoms in total. The maximum Gasteiger partial charge on any atom is 0.221 e. The molecule has 0 aliphatic carbocycles. The molecule has 1 saturated heterocycles. The van der Waals surface area contributed by atoms with Crippen LogP contribution in [0.3, 0.4) is 0 Å². The minimum Gasteiger partial charge on any atom is -0.357 e. The average molecular weight is 476 g/mol. The van der Waals surface area contributed by atoms with E-state index < -0.39 is 0 Å². The number of hydrogen-bond acceptors (Lipinski definition) is 3. The van der Waals surface area contributed by atoms with Crippen molar-refractivity contribution in [1.82, 2.24) is 10.6 Å². The normalized spacial score (nSPS) is 19.9. The molecule has 1 aliphatic heterocycles. The van der Waals surface area contributed by atoms with Crippen molar-refractivity contribution >= 4 is 53.3 Å². The molecule has 1 unspecified atom stereocenters. The summed E-state index contributed by atoms with van der Waals surface area (Å²) >= 11 is 2.04. The standard InChI is InChI=1S/C18H28N4OS.HI/c1-4-19-17(21-13-18(3)9-6-10-24-18)20-12-15-7-5-8-16(11-15)22-14(2)23;/h5,7-8,11H,4,6,9-10,12-13H2,1-3H3,(H,22,23)(H2,19,20,21);1H. The van der Waals surface area contributed by atoms with E-state index in [1.165, 1.54) is 25.5 Å². The van der Waals surface area contributed by atoms with Gasteiger partial charge in [0.25, 0.3) is 0 Å². The lowest BCUT2D eigenvalue weighted by atomic mass is 10.1. The van der Waals surface area contributed by atoms with E-state index in [2.05, 4.69) is 34.8 Å². The van der Waals surface area contributed by atoms with E-state index in [0.29, 0.717) is 11.3 Å². The largest absolute Gasteiger partial charge is 0.357 e. The number of carbonyl (C=O) groups excluding carboxylic acids is 1. The highest BCUT2D eigenvalue weighted by atomic mass is 127. The third-order valence-electron chi connectivity index (χ3n) is 3.94. The minimum atomic E-state index is -0.0621. The molecule has 1 aliphatic rings. The predicted octanol–water partition coefficient (Wildman–Crippen LogP) is 3.60. The highest BCUT2D eigenvalue weighted by Crippen LogP contribution is 2.36. The highest BCUT2D eigenvalue weighted by molar-refractivity contribution is 14.0. The Bertz CT molecular complexity index is 588. The maximum atomic E-state index is 11.2. The minimum absolute atomic E-state index is 0. The van der Waals surface area contributed by atoms with Crippen LogP contribution in [0.1, 0.15) is 39.2 Å². The Morgan fingerprint density at radius 3 is 2.80 bits per heavy atom. The van der Waals surface area contributed by atoms with Gasteiger partial charge in [-0.2, -0.15) is 11.8 Å². The first-order valence-electron chi connectivity index (χ1n) is 8.53. The van der Waals surface area contributed by atoms with Crippen LogP contribution in [-0.4, -0.2) is 35.5 Å². The zero-order valence-electron chi connectivity index (χ0n) is 15.2. The van der Waals surface area contributed by atoms with Gasteiger partial charge in [0.1, 0.15) is 0 Å². The van der Waals surface area contributed by atoms with Crippen LogP contribution in [0.2, 0.25) is 0 Å². The second-order valence-corrected chi connectivity index (χ2v) is 8.01. The smallest absolute Gasteiger partial charge is 0.221 e. The van der Waals surface area contributed by atoms with Crippen molar-refractivity contribution in [1.29, 1.82) is 0 Å². The van der Waals surface area contributed by atoms with Gasteiger partial charge in [-0.1, -0.05) is 12.1 Å². The fourth-order valence-electron chi connectivity index (χ4n) is 2.71. The maximum absolute atomic E-state index is 11.2. The van der Waals surface area contributed by atoms with Crippen molar-refractivity contribution in [3.8, 4) is 0 Å². The van der Waals surface area contributed by atoms with Crippen LogP contribution in [0, 0.1) is 0 Å². The van der Waals surface area contributed by atoms with Crippen molar-refractivity contribution in [2.75, 3.05) is 24.2 Å². The summed E-state index contributed by atoms with van der Waals surface area (Å²) in [5.41, 5.74) is 1.88. The molecule has 1 heterocycles. The lowest BCUT2D eigenvalue weighted by molar-refractivity contribution is -0.114. The molecular weight excluding hydrogens is 447 g/mol. The molecule has 1 amide bonds.